The first-order valence-electron chi connectivity index (χ1n) is 9.63. The van der Waals surface area contributed by atoms with Gasteiger partial charge in [0.05, 0.1) is 6.04 Å². The molecule has 2 rings (SSSR count). The number of benzene rings is 1. The fourth-order valence-electron chi connectivity index (χ4n) is 3.99. The third-order valence-corrected chi connectivity index (χ3v) is 5.70. The van der Waals surface area contributed by atoms with Gasteiger partial charge >= 0.3 is 0 Å². The smallest absolute Gasteiger partial charge is 0.119 e. The highest BCUT2D eigenvalue weighted by Gasteiger charge is 2.27. The molecule has 1 fully saturated rings. The summed E-state index contributed by atoms with van der Waals surface area (Å²) in [7, 11) is 0. The molecule has 1 N–H and O–H groups in total. The Morgan fingerprint density at radius 2 is 2.00 bits per heavy atom. The van der Waals surface area contributed by atoms with Gasteiger partial charge in [-0.25, -0.2) is 0 Å². The summed E-state index contributed by atoms with van der Waals surface area (Å²) in [6.45, 7) is 6.76. The van der Waals surface area contributed by atoms with Gasteiger partial charge in [-0.05, 0) is 54.2 Å². The Bertz CT molecular complexity index is 539. The molecule has 1 aromatic carbocycles. The Kier molecular flexibility index (Phi) is 6.82. The fourth-order valence-corrected chi connectivity index (χ4v) is 3.99. The lowest BCUT2D eigenvalue weighted by atomic mass is 9.77. The molecule has 24 heavy (non-hydrogen) atoms. The van der Waals surface area contributed by atoms with Crippen molar-refractivity contribution in [3.05, 3.63) is 34.2 Å². The van der Waals surface area contributed by atoms with Crippen LogP contribution < -0.4 is 0 Å². The topological polar surface area (TPSA) is 49.7 Å². The summed E-state index contributed by atoms with van der Waals surface area (Å²) < 4.78 is 0. The van der Waals surface area contributed by atoms with E-state index < -0.39 is 0 Å². The molecular weight excluding hydrogens is 298 g/mol. The van der Waals surface area contributed by atoms with Crippen LogP contribution in [0.25, 0.3) is 0 Å². The second-order valence-corrected chi connectivity index (χ2v) is 8.09. The molecule has 1 aromatic rings. The first-order chi connectivity index (χ1) is 11.5. The molecule has 134 valence electrons. The van der Waals surface area contributed by atoms with Gasteiger partial charge in [0.15, 0.2) is 0 Å². The molecule has 0 bridgehead atoms. The summed E-state index contributed by atoms with van der Waals surface area (Å²) in [5.74, 6) is 0.661. The average Bonchev–Trinajstić information content (AvgIpc) is 2.58. The van der Waals surface area contributed by atoms with Crippen molar-refractivity contribution in [3.8, 4) is 5.75 Å². The molecule has 3 heteroatoms. The maximum Gasteiger partial charge on any atom is 0.119 e. The van der Waals surface area contributed by atoms with E-state index in [1.165, 1.54) is 31.2 Å². The van der Waals surface area contributed by atoms with Crippen LogP contribution in [0.3, 0.4) is 0 Å². The number of aromatic hydroxyl groups is 1. The van der Waals surface area contributed by atoms with Crippen LogP contribution in [-0.4, -0.2) is 11.1 Å². The first kappa shape index (κ1) is 19.0. The highest BCUT2D eigenvalue weighted by molar-refractivity contribution is 5.41. The summed E-state index contributed by atoms with van der Waals surface area (Å²) in [4.78, 5) is 10.8. The van der Waals surface area contributed by atoms with Crippen LogP contribution in [0.1, 0.15) is 95.6 Å². The number of hydrogen-bond acceptors (Lipinski definition) is 3. The lowest BCUT2D eigenvalue weighted by Gasteiger charge is -2.29. The summed E-state index contributed by atoms with van der Waals surface area (Å²) in [5, 5.41) is 13.8. The summed E-state index contributed by atoms with van der Waals surface area (Å²) in [6.07, 6.45) is 9.95. The Morgan fingerprint density at radius 3 is 2.67 bits per heavy atom. The van der Waals surface area contributed by atoms with Crippen LogP contribution in [0, 0.1) is 4.91 Å². The van der Waals surface area contributed by atoms with Gasteiger partial charge in [0.1, 0.15) is 5.75 Å². The van der Waals surface area contributed by atoms with Crippen molar-refractivity contribution in [2.75, 3.05) is 0 Å². The number of phenolic OH excluding ortho intramolecular Hbond substituents is 1. The van der Waals surface area contributed by atoms with Crippen LogP contribution in [0.2, 0.25) is 0 Å². The van der Waals surface area contributed by atoms with Crippen molar-refractivity contribution in [2.45, 2.75) is 95.9 Å². The molecular formula is C21H33NO2. The predicted octanol–water partition coefficient (Wildman–Crippen LogP) is 6.43. The molecule has 0 saturated heterocycles. The van der Waals surface area contributed by atoms with E-state index in [1.807, 2.05) is 6.07 Å². The first-order valence-corrected chi connectivity index (χ1v) is 9.63. The zero-order valence-electron chi connectivity index (χ0n) is 15.6. The van der Waals surface area contributed by atoms with Gasteiger partial charge < -0.3 is 5.11 Å². The summed E-state index contributed by atoms with van der Waals surface area (Å²) >= 11 is 0. The maximum atomic E-state index is 10.8. The third-order valence-electron chi connectivity index (χ3n) is 5.70. The van der Waals surface area contributed by atoms with Crippen LogP contribution in [0.4, 0.5) is 0 Å². The average molecular weight is 332 g/mol. The number of phenols is 1. The van der Waals surface area contributed by atoms with Gasteiger partial charge in [-0.1, -0.05) is 70.2 Å². The molecule has 2 atom stereocenters. The fraction of sp³-hybridized carbons (Fsp3) is 0.714. The standard InChI is InChI=1S/C21H33NO2/c1-4-5-6-7-13-21(2,3)17-11-12-19(20(23)15-17)16-9-8-10-18(14-16)22-24/h11-12,15-16,18,23H,4-10,13-14H2,1-3H3/t16-,18+/m0/s1. The highest BCUT2D eigenvalue weighted by atomic mass is 16.3. The molecule has 1 aliphatic carbocycles. The minimum absolute atomic E-state index is 0.0853. The largest absolute Gasteiger partial charge is 0.508 e. The van der Waals surface area contributed by atoms with E-state index in [1.54, 1.807) is 0 Å². The monoisotopic (exact) mass is 331 g/mol. The van der Waals surface area contributed by atoms with Gasteiger partial charge in [0, 0.05) is 0 Å². The number of nitrogens with zero attached hydrogens (tertiary/aromatic N) is 1. The van der Waals surface area contributed by atoms with E-state index in [0.29, 0.717) is 5.75 Å². The molecule has 0 spiro atoms. The summed E-state index contributed by atoms with van der Waals surface area (Å²) in [5.41, 5.74) is 2.29. The van der Waals surface area contributed by atoms with Crippen LogP contribution in [-0.2, 0) is 5.41 Å². The van der Waals surface area contributed by atoms with Crippen molar-refractivity contribution < 1.29 is 5.11 Å². The van der Waals surface area contributed by atoms with E-state index in [9.17, 15) is 10.0 Å². The molecule has 1 aliphatic rings. The van der Waals surface area contributed by atoms with Crippen molar-refractivity contribution in [1.29, 1.82) is 0 Å². The lowest BCUT2D eigenvalue weighted by Crippen LogP contribution is -2.19. The van der Waals surface area contributed by atoms with Crippen molar-refractivity contribution in [3.63, 3.8) is 0 Å². The van der Waals surface area contributed by atoms with Crippen molar-refractivity contribution in [1.82, 2.24) is 0 Å². The van der Waals surface area contributed by atoms with Gasteiger partial charge in [0.2, 0.25) is 0 Å². The van der Waals surface area contributed by atoms with E-state index in [0.717, 1.165) is 37.7 Å². The normalized spacial score (nSPS) is 21.6. The van der Waals surface area contributed by atoms with Crippen molar-refractivity contribution in [2.24, 2.45) is 5.18 Å². The van der Waals surface area contributed by atoms with Crippen LogP contribution in [0.5, 0.6) is 5.75 Å². The lowest BCUT2D eigenvalue weighted by molar-refractivity contribution is 0.377. The van der Waals surface area contributed by atoms with Gasteiger partial charge in [0.25, 0.3) is 0 Å². The Morgan fingerprint density at radius 1 is 1.21 bits per heavy atom. The zero-order valence-corrected chi connectivity index (χ0v) is 15.6. The number of hydrogen-bond donors (Lipinski definition) is 1. The molecule has 3 nitrogen and oxygen atoms in total. The zero-order chi connectivity index (χ0) is 17.6. The second kappa shape index (κ2) is 8.64. The molecule has 1 saturated carbocycles. The molecule has 0 aromatic heterocycles. The van der Waals surface area contributed by atoms with Gasteiger partial charge in [-0.3, -0.25) is 0 Å². The quantitative estimate of drug-likeness (QED) is 0.440. The molecule has 0 radical (unpaired) electrons. The number of nitroso groups, excluding NO2 is 1. The van der Waals surface area contributed by atoms with Gasteiger partial charge in [-0.2, -0.15) is 4.91 Å². The molecule has 0 heterocycles. The van der Waals surface area contributed by atoms with E-state index >= 15 is 0 Å². The van der Waals surface area contributed by atoms with E-state index in [2.05, 4.69) is 38.1 Å². The van der Waals surface area contributed by atoms with E-state index in [-0.39, 0.29) is 17.4 Å². The molecule has 0 aliphatic heterocycles. The van der Waals surface area contributed by atoms with Gasteiger partial charge in [-0.15, -0.1) is 0 Å². The van der Waals surface area contributed by atoms with Crippen molar-refractivity contribution >= 4 is 0 Å². The SMILES string of the molecule is CCCCCCC(C)(C)c1ccc([C@H]2CCC[C@@H](N=O)C2)c(O)c1. The number of rotatable bonds is 8. The number of unbranched alkanes of at least 4 members (excludes halogenated alkanes) is 3. The Balaban J connectivity index is 2.06. The highest BCUT2D eigenvalue weighted by Crippen LogP contribution is 2.40. The predicted molar refractivity (Wildman–Crippen MR) is 101 cm³/mol. The minimum Gasteiger partial charge on any atom is -0.508 e. The molecule has 0 amide bonds. The van der Waals surface area contributed by atoms with E-state index in [4.69, 9.17) is 0 Å². The Hall–Kier alpha value is -1.38. The van der Waals surface area contributed by atoms with Crippen LogP contribution >= 0.6 is 0 Å². The maximum absolute atomic E-state index is 10.8. The second-order valence-electron chi connectivity index (χ2n) is 8.09. The van der Waals surface area contributed by atoms with Crippen LogP contribution in [0.15, 0.2) is 23.4 Å². The minimum atomic E-state index is -0.0853. The molecule has 0 unspecified atom stereocenters. The Labute approximate surface area is 146 Å². The summed E-state index contributed by atoms with van der Waals surface area (Å²) in [6, 6.07) is 6.12. The third kappa shape index (κ3) is 4.81.